The second kappa shape index (κ2) is 10.9. The van der Waals surface area contributed by atoms with Crippen LogP contribution in [0.5, 0.6) is 0 Å². The number of aliphatic hydroxyl groups excluding tert-OH is 1. The number of aliphatic hydroxyl groups is 1. The van der Waals surface area contributed by atoms with Gasteiger partial charge in [0.05, 0.1) is 29.6 Å². The van der Waals surface area contributed by atoms with Crippen molar-refractivity contribution in [2.24, 2.45) is 16.1 Å². The molecule has 0 spiro atoms. The summed E-state index contributed by atoms with van der Waals surface area (Å²) in [6.07, 6.45) is 4.35. The third-order valence-electron chi connectivity index (χ3n) is 7.19. The minimum Gasteiger partial charge on any atom is -0.394 e. The standard InChI is InChI=1S/C29H31ClF2N8O2/c1-17-34-16-36-40(17)23-11-19(7-10-22(23)30)24(14-41)39-25(42)29(37-27(39)33,15-28(2,3)4)21-8-5-18(6-9-21)20-12-35-38(13-20)26(31)32/h5-13,16,24,26,41H,14-15H2,1-4H3,(H2,33,37)/t24-,29-/m1/s1. The van der Waals surface area contributed by atoms with Crippen LogP contribution < -0.4 is 5.73 Å². The number of aliphatic imine (C=N–C) groups is 1. The molecule has 1 aliphatic heterocycles. The first-order chi connectivity index (χ1) is 19.8. The number of aromatic nitrogens is 5. The first kappa shape index (κ1) is 29.3. The van der Waals surface area contributed by atoms with Crippen LogP contribution in [0.2, 0.25) is 5.02 Å². The van der Waals surface area contributed by atoms with Gasteiger partial charge < -0.3 is 10.8 Å². The topological polar surface area (TPSA) is 127 Å². The van der Waals surface area contributed by atoms with Gasteiger partial charge in [-0.15, -0.1) is 0 Å². The van der Waals surface area contributed by atoms with Crippen LogP contribution in [0.3, 0.4) is 0 Å². The highest BCUT2D eigenvalue weighted by Gasteiger charge is 2.52. The van der Waals surface area contributed by atoms with E-state index in [-0.39, 0.29) is 17.3 Å². The van der Waals surface area contributed by atoms with Crippen LogP contribution in [0.15, 0.2) is 66.2 Å². The number of carbonyl (C=O) groups is 1. The molecule has 0 bridgehead atoms. The van der Waals surface area contributed by atoms with Crippen LogP contribution in [0, 0.1) is 12.3 Å². The van der Waals surface area contributed by atoms with Gasteiger partial charge in [0.15, 0.2) is 11.5 Å². The first-order valence-electron chi connectivity index (χ1n) is 13.2. The molecular formula is C29H31ClF2N8O2. The number of halogens is 3. The lowest BCUT2D eigenvalue weighted by Crippen LogP contribution is -2.47. The van der Waals surface area contributed by atoms with Crippen molar-refractivity contribution in [3.8, 4) is 16.8 Å². The molecule has 0 aliphatic carbocycles. The van der Waals surface area contributed by atoms with Crippen LogP contribution in [0.4, 0.5) is 8.78 Å². The van der Waals surface area contributed by atoms with E-state index >= 15 is 0 Å². The molecule has 5 rings (SSSR count). The molecule has 13 heteroatoms. The Kier molecular flexibility index (Phi) is 7.62. The van der Waals surface area contributed by atoms with Crippen molar-refractivity contribution in [2.75, 3.05) is 6.61 Å². The van der Waals surface area contributed by atoms with Gasteiger partial charge in [-0.1, -0.05) is 62.7 Å². The summed E-state index contributed by atoms with van der Waals surface area (Å²) in [6, 6.07) is 11.2. The molecule has 2 aromatic heterocycles. The molecule has 10 nitrogen and oxygen atoms in total. The average Bonchev–Trinajstić information content (AvgIpc) is 3.65. The number of hydrogen-bond donors (Lipinski definition) is 2. The van der Waals surface area contributed by atoms with Crippen LogP contribution in [-0.4, -0.2) is 53.0 Å². The maximum Gasteiger partial charge on any atom is 0.333 e. The Morgan fingerprint density at radius 3 is 2.38 bits per heavy atom. The van der Waals surface area contributed by atoms with Crippen molar-refractivity contribution in [3.05, 3.63) is 83.2 Å². The zero-order valence-corrected chi connectivity index (χ0v) is 24.3. The van der Waals surface area contributed by atoms with Gasteiger partial charge in [-0.3, -0.25) is 9.69 Å². The maximum atomic E-state index is 14.4. The SMILES string of the molecule is Cc1ncnn1-c1cc([C@@H](CO)N2C(=O)[C@@](CC(C)(C)C)(c3ccc(-c4cnn(C(F)F)c4)cc3)N=C2N)ccc1Cl. The summed E-state index contributed by atoms with van der Waals surface area (Å²) in [5.41, 5.74) is 7.61. The van der Waals surface area contributed by atoms with Gasteiger partial charge in [-0.2, -0.15) is 19.0 Å². The molecule has 4 aromatic rings. The average molecular weight is 597 g/mol. The summed E-state index contributed by atoms with van der Waals surface area (Å²) in [6.45, 7) is 4.60. The van der Waals surface area contributed by atoms with Crippen LogP contribution in [0.25, 0.3) is 16.8 Å². The van der Waals surface area contributed by atoms with E-state index in [1.807, 2.05) is 20.8 Å². The number of nitrogens with two attached hydrogens (primary N) is 1. The molecule has 2 atom stereocenters. The van der Waals surface area contributed by atoms with Crippen molar-refractivity contribution in [1.29, 1.82) is 0 Å². The highest BCUT2D eigenvalue weighted by molar-refractivity contribution is 6.32. The molecule has 42 heavy (non-hydrogen) atoms. The number of aryl methyl sites for hydroxylation is 1. The fourth-order valence-electron chi connectivity index (χ4n) is 5.38. The van der Waals surface area contributed by atoms with E-state index in [0.717, 1.165) is 0 Å². The lowest BCUT2D eigenvalue weighted by Gasteiger charge is -2.34. The Labute approximate surface area is 246 Å². The van der Waals surface area contributed by atoms with Crippen molar-refractivity contribution in [3.63, 3.8) is 0 Å². The van der Waals surface area contributed by atoms with Gasteiger partial charge in [-0.05, 0) is 47.6 Å². The monoisotopic (exact) mass is 596 g/mol. The highest BCUT2D eigenvalue weighted by Crippen LogP contribution is 2.45. The zero-order valence-electron chi connectivity index (χ0n) is 23.5. The molecule has 220 valence electrons. The van der Waals surface area contributed by atoms with Gasteiger partial charge in [0.1, 0.15) is 12.2 Å². The number of amides is 1. The molecule has 0 radical (unpaired) electrons. The minimum absolute atomic E-state index is 0.0287. The second-order valence-electron chi connectivity index (χ2n) is 11.4. The third-order valence-corrected chi connectivity index (χ3v) is 7.51. The molecular weight excluding hydrogens is 566 g/mol. The maximum absolute atomic E-state index is 14.4. The first-order valence-corrected chi connectivity index (χ1v) is 13.6. The lowest BCUT2D eigenvalue weighted by atomic mass is 9.75. The quantitative estimate of drug-likeness (QED) is 0.294. The van der Waals surface area contributed by atoms with E-state index < -0.39 is 24.7 Å². The van der Waals surface area contributed by atoms with E-state index in [4.69, 9.17) is 22.3 Å². The number of benzene rings is 2. The molecule has 0 saturated carbocycles. The fraction of sp³-hybridized carbons (Fsp3) is 0.345. The Hall–Kier alpha value is -4.16. The summed E-state index contributed by atoms with van der Waals surface area (Å²) in [7, 11) is 0. The van der Waals surface area contributed by atoms with Gasteiger partial charge in [0.25, 0.3) is 5.91 Å². The molecule has 2 aromatic carbocycles. The number of nitrogens with zero attached hydrogens (tertiary/aromatic N) is 7. The number of guanidine groups is 1. The van der Waals surface area contributed by atoms with E-state index in [1.165, 1.54) is 23.6 Å². The molecule has 0 unspecified atom stereocenters. The molecule has 1 amide bonds. The lowest BCUT2D eigenvalue weighted by molar-refractivity contribution is -0.135. The smallest absolute Gasteiger partial charge is 0.333 e. The fourth-order valence-corrected chi connectivity index (χ4v) is 5.58. The van der Waals surface area contributed by atoms with Gasteiger partial charge in [-0.25, -0.2) is 19.3 Å². The Bertz CT molecular complexity index is 1640. The summed E-state index contributed by atoms with van der Waals surface area (Å²) in [5, 5.41) is 18.9. The van der Waals surface area contributed by atoms with Gasteiger partial charge in [0.2, 0.25) is 0 Å². The van der Waals surface area contributed by atoms with Gasteiger partial charge in [0, 0.05) is 11.8 Å². The van der Waals surface area contributed by atoms with Crippen molar-refractivity contribution < 1.29 is 18.7 Å². The largest absolute Gasteiger partial charge is 0.394 e. The number of hydrogen-bond acceptors (Lipinski definition) is 7. The molecule has 0 fully saturated rings. The van der Waals surface area contributed by atoms with Crippen molar-refractivity contribution >= 4 is 23.5 Å². The number of rotatable bonds is 8. The Morgan fingerprint density at radius 1 is 1.10 bits per heavy atom. The van der Waals surface area contributed by atoms with Gasteiger partial charge >= 0.3 is 6.55 Å². The number of carbonyl (C=O) groups excluding carboxylic acids is 1. The zero-order chi connectivity index (χ0) is 30.4. The molecule has 1 aliphatic rings. The van der Waals surface area contributed by atoms with E-state index in [1.54, 1.807) is 54.1 Å². The van der Waals surface area contributed by atoms with Crippen LogP contribution >= 0.6 is 11.6 Å². The van der Waals surface area contributed by atoms with E-state index in [2.05, 4.69) is 15.2 Å². The highest BCUT2D eigenvalue weighted by atomic mass is 35.5. The predicted molar refractivity (Wildman–Crippen MR) is 154 cm³/mol. The van der Waals surface area contributed by atoms with Crippen LogP contribution in [-0.2, 0) is 10.3 Å². The molecule has 3 heterocycles. The van der Waals surface area contributed by atoms with Crippen LogP contribution in [0.1, 0.15) is 56.7 Å². The minimum atomic E-state index is -2.75. The third kappa shape index (κ3) is 5.27. The van der Waals surface area contributed by atoms with E-state index in [0.29, 0.717) is 49.9 Å². The number of alkyl halides is 2. The molecule has 3 N–H and O–H groups in total. The second-order valence-corrected chi connectivity index (χ2v) is 11.8. The Balaban J connectivity index is 1.54. The summed E-state index contributed by atoms with van der Waals surface area (Å²) < 4.78 is 28.2. The molecule has 0 saturated heterocycles. The Morgan fingerprint density at radius 2 is 1.81 bits per heavy atom. The van der Waals surface area contributed by atoms with Crippen molar-refractivity contribution in [2.45, 2.75) is 52.2 Å². The van der Waals surface area contributed by atoms with Crippen molar-refractivity contribution in [1.82, 2.24) is 29.4 Å². The summed E-state index contributed by atoms with van der Waals surface area (Å²) in [4.78, 5) is 24.7. The predicted octanol–water partition coefficient (Wildman–Crippen LogP) is 5.01. The summed E-state index contributed by atoms with van der Waals surface area (Å²) >= 11 is 6.47. The summed E-state index contributed by atoms with van der Waals surface area (Å²) in [5.74, 6) is 0.196. The van der Waals surface area contributed by atoms with E-state index in [9.17, 15) is 18.7 Å². The normalized spacial score (nSPS) is 18.2.